The van der Waals surface area contributed by atoms with Crippen molar-refractivity contribution in [3.63, 3.8) is 0 Å². The third-order valence-corrected chi connectivity index (χ3v) is 5.35. The smallest absolute Gasteiger partial charge is 0.262 e. The molecule has 0 aromatic heterocycles. The molecule has 138 valence electrons. The number of nitrogens with zero attached hydrogens (tertiary/aromatic N) is 1. The average Bonchev–Trinajstić information content (AvgIpc) is 2.65. The van der Waals surface area contributed by atoms with Gasteiger partial charge in [0.2, 0.25) is 0 Å². The van der Waals surface area contributed by atoms with E-state index in [1.165, 1.54) is 6.07 Å². The summed E-state index contributed by atoms with van der Waals surface area (Å²) in [6, 6.07) is 14.5. The Morgan fingerprint density at radius 3 is 2.88 bits per heavy atom. The maximum absolute atomic E-state index is 13.5. The number of ether oxygens (including phenoxy) is 1. The van der Waals surface area contributed by atoms with E-state index in [1.807, 2.05) is 42.3 Å². The molecule has 2 aromatic carbocycles. The molecule has 1 aliphatic heterocycles. The van der Waals surface area contributed by atoms with Gasteiger partial charge in [0.25, 0.3) is 5.91 Å². The van der Waals surface area contributed by atoms with Gasteiger partial charge in [0.05, 0.1) is 12.2 Å². The quantitative estimate of drug-likeness (QED) is 0.754. The first kappa shape index (κ1) is 18.6. The average molecular weight is 374 g/mol. The molecule has 4 nitrogen and oxygen atoms in total. The molecule has 2 aromatic rings. The van der Waals surface area contributed by atoms with Gasteiger partial charge in [-0.05, 0) is 35.9 Å². The van der Waals surface area contributed by atoms with Crippen molar-refractivity contribution in [2.75, 3.05) is 30.8 Å². The number of thioether (sulfide) groups is 1. The molecule has 6 heteroatoms. The zero-order valence-electron chi connectivity index (χ0n) is 14.8. The number of carbonyl (C=O) groups excluding carboxylic acids is 1. The SMILES string of the molecule is CN1C[C@H](C(=O)NCCCSCc2ccccc2F)Oc2ccccc21. The topological polar surface area (TPSA) is 41.6 Å². The highest BCUT2D eigenvalue weighted by molar-refractivity contribution is 7.98. The maximum Gasteiger partial charge on any atom is 0.262 e. The van der Waals surface area contributed by atoms with Crippen molar-refractivity contribution in [3.8, 4) is 5.75 Å². The number of carbonyl (C=O) groups is 1. The molecule has 1 amide bonds. The van der Waals surface area contributed by atoms with Crippen LogP contribution in [0, 0.1) is 5.82 Å². The van der Waals surface area contributed by atoms with Crippen molar-refractivity contribution in [2.45, 2.75) is 18.3 Å². The monoisotopic (exact) mass is 374 g/mol. The van der Waals surface area contributed by atoms with Gasteiger partial charge in [-0.3, -0.25) is 4.79 Å². The van der Waals surface area contributed by atoms with E-state index < -0.39 is 6.10 Å². The van der Waals surface area contributed by atoms with Crippen LogP contribution in [0.15, 0.2) is 48.5 Å². The van der Waals surface area contributed by atoms with Gasteiger partial charge in [-0.15, -0.1) is 0 Å². The van der Waals surface area contributed by atoms with Gasteiger partial charge < -0.3 is 15.0 Å². The molecule has 3 rings (SSSR count). The van der Waals surface area contributed by atoms with Crippen LogP contribution in [0.25, 0.3) is 0 Å². The van der Waals surface area contributed by atoms with Crippen LogP contribution < -0.4 is 15.0 Å². The number of anilines is 1. The molecular formula is C20H23FN2O2S. The Hall–Kier alpha value is -2.21. The minimum absolute atomic E-state index is 0.0922. The third-order valence-electron chi connectivity index (χ3n) is 4.26. The Morgan fingerprint density at radius 1 is 1.27 bits per heavy atom. The third kappa shape index (κ3) is 4.69. The van der Waals surface area contributed by atoms with Gasteiger partial charge in [0.15, 0.2) is 6.10 Å². The number of hydrogen-bond acceptors (Lipinski definition) is 4. The highest BCUT2D eigenvalue weighted by Gasteiger charge is 2.28. The summed E-state index contributed by atoms with van der Waals surface area (Å²) in [5.41, 5.74) is 1.72. The van der Waals surface area contributed by atoms with Gasteiger partial charge >= 0.3 is 0 Å². The summed E-state index contributed by atoms with van der Waals surface area (Å²) < 4.78 is 19.3. The Kier molecular flexibility index (Phi) is 6.39. The first-order chi connectivity index (χ1) is 12.6. The van der Waals surface area contributed by atoms with Crippen LogP contribution in [0.3, 0.4) is 0 Å². The van der Waals surface area contributed by atoms with Crippen LogP contribution in [0.1, 0.15) is 12.0 Å². The van der Waals surface area contributed by atoms with Crippen LogP contribution in [-0.2, 0) is 10.5 Å². The number of amides is 1. The summed E-state index contributed by atoms with van der Waals surface area (Å²) in [5, 5.41) is 2.94. The van der Waals surface area contributed by atoms with Gasteiger partial charge in [0, 0.05) is 19.3 Å². The summed E-state index contributed by atoms with van der Waals surface area (Å²) >= 11 is 1.67. The zero-order valence-corrected chi connectivity index (χ0v) is 15.6. The first-order valence-electron chi connectivity index (χ1n) is 8.71. The van der Waals surface area contributed by atoms with E-state index in [0.717, 1.165) is 29.2 Å². The second-order valence-electron chi connectivity index (χ2n) is 6.24. The fourth-order valence-corrected chi connectivity index (χ4v) is 3.79. The number of rotatable bonds is 7. The predicted molar refractivity (Wildman–Crippen MR) is 104 cm³/mol. The first-order valence-corrected chi connectivity index (χ1v) is 9.86. The normalized spacial score (nSPS) is 15.9. The van der Waals surface area contributed by atoms with Crippen molar-refractivity contribution in [3.05, 3.63) is 59.9 Å². The van der Waals surface area contributed by atoms with Crippen LogP contribution >= 0.6 is 11.8 Å². The highest BCUT2D eigenvalue weighted by atomic mass is 32.2. The lowest BCUT2D eigenvalue weighted by atomic mass is 10.2. The van der Waals surface area contributed by atoms with E-state index in [4.69, 9.17) is 4.74 Å². The van der Waals surface area contributed by atoms with Gasteiger partial charge in [-0.2, -0.15) is 11.8 Å². The molecule has 0 unspecified atom stereocenters. The summed E-state index contributed by atoms with van der Waals surface area (Å²) in [4.78, 5) is 14.4. The molecule has 0 fully saturated rings. The van der Waals surface area contributed by atoms with Crippen LogP contribution in [0.2, 0.25) is 0 Å². The lowest BCUT2D eigenvalue weighted by Gasteiger charge is -2.32. The number of halogens is 1. The highest BCUT2D eigenvalue weighted by Crippen LogP contribution is 2.31. The van der Waals surface area contributed by atoms with E-state index >= 15 is 0 Å². The molecule has 0 saturated heterocycles. The number of likely N-dealkylation sites (N-methyl/N-ethyl adjacent to an activating group) is 1. The second-order valence-corrected chi connectivity index (χ2v) is 7.35. The van der Waals surface area contributed by atoms with Crippen molar-refractivity contribution >= 4 is 23.4 Å². The Labute approximate surface area is 157 Å². The lowest BCUT2D eigenvalue weighted by Crippen LogP contribution is -2.48. The molecule has 0 radical (unpaired) electrons. The zero-order chi connectivity index (χ0) is 18.4. The summed E-state index contributed by atoms with van der Waals surface area (Å²) in [5.74, 6) is 2.00. The van der Waals surface area contributed by atoms with E-state index in [-0.39, 0.29) is 11.7 Å². The van der Waals surface area contributed by atoms with E-state index in [9.17, 15) is 9.18 Å². The van der Waals surface area contributed by atoms with Crippen molar-refractivity contribution in [2.24, 2.45) is 0 Å². The summed E-state index contributed by atoms with van der Waals surface area (Å²) in [7, 11) is 1.96. The predicted octanol–water partition coefficient (Wildman–Crippen LogP) is 3.46. The van der Waals surface area contributed by atoms with Gasteiger partial charge in [-0.1, -0.05) is 30.3 Å². The Morgan fingerprint density at radius 2 is 2.04 bits per heavy atom. The Balaban J connectivity index is 1.37. The lowest BCUT2D eigenvalue weighted by molar-refractivity contribution is -0.127. The van der Waals surface area contributed by atoms with Crippen LogP contribution in [0.5, 0.6) is 5.75 Å². The van der Waals surface area contributed by atoms with Crippen molar-refractivity contribution < 1.29 is 13.9 Å². The molecule has 26 heavy (non-hydrogen) atoms. The van der Waals surface area contributed by atoms with Gasteiger partial charge in [0.1, 0.15) is 11.6 Å². The molecule has 1 N–H and O–H groups in total. The standard InChI is InChI=1S/C20H23FN2O2S/c1-23-13-19(25-18-10-5-4-9-17(18)23)20(24)22-11-6-12-26-14-15-7-2-3-8-16(15)21/h2-5,7-10,19H,6,11-14H2,1H3,(H,22,24)/t19-/m1/s1. The fourth-order valence-electron chi connectivity index (χ4n) is 2.84. The van der Waals surface area contributed by atoms with Gasteiger partial charge in [-0.25, -0.2) is 4.39 Å². The van der Waals surface area contributed by atoms with Crippen molar-refractivity contribution in [1.29, 1.82) is 0 Å². The maximum atomic E-state index is 13.5. The minimum Gasteiger partial charge on any atom is -0.477 e. The molecule has 0 aliphatic carbocycles. The number of nitrogens with one attached hydrogen (secondary N) is 1. The minimum atomic E-state index is -0.499. The van der Waals surface area contributed by atoms with E-state index in [0.29, 0.717) is 18.8 Å². The molecule has 1 atom stereocenters. The number of fused-ring (bicyclic) bond motifs is 1. The molecule has 1 aliphatic rings. The second kappa shape index (κ2) is 8.94. The largest absolute Gasteiger partial charge is 0.477 e. The number of para-hydroxylation sites is 2. The van der Waals surface area contributed by atoms with E-state index in [1.54, 1.807) is 23.9 Å². The number of hydrogen-bond donors (Lipinski definition) is 1. The fraction of sp³-hybridized carbons (Fsp3) is 0.350. The van der Waals surface area contributed by atoms with Crippen LogP contribution in [0.4, 0.5) is 10.1 Å². The van der Waals surface area contributed by atoms with Crippen molar-refractivity contribution in [1.82, 2.24) is 5.32 Å². The Bertz CT molecular complexity index is 756. The van der Waals surface area contributed by atoms with E-state index in [2.05, 4.69) is 5.32 Å². The summed E-state index contributed by atoms with van der Waals surface area (Å²) in [6.07, 6.45) is 0.338. The molecule has 0 saturated carbocycles. The molecular weight excluding hydrogens is 351 g/mol. The molecule has 0 spiro atoms. The number of benzene rings is 2. The van der Waals surface area contributed by atoms with Crippen LogP contribution in [-0.4, -0.2) is 37.9 Å². The molecule has 0 bridgehead atoms. The molecule has 1 heterocycles. The summed E-state index contributed by atoms with van der Waals surface area (Å²) in [6.45, 7) is 1.12.